The van der Waals surface area contributed by atoms with Gasteiger partial charge in [0.25, 0.3) is 5.91 Å². The van der Waals surface area contributed by atoms with Crippen LogP contribution in [0.15, 0.2) is 0 Å². The van der Waals surface area contributed by atoms with E-state index in [0.717, 1.165) is 32.8 Å². The van der Waals surface area contributed by atoms with Crippen molar-refractivity contribution in [3.8, 4) is 0 Å². The van der Waals surface area contributed by atoms with Gasteiger partial charge >= 0.3 is 11.9 Å². The summed E-state index contributed by atoms with van der Waals surface area (Å²) in [5.41, 5.74) is 5.45. The Bertz CT molecular complexity index is 517. The van der Waals surface area contributed by atoms with Crippen molar-refractivity contribution < 1.29 is 29.0 Å². The van der Waals surface area contributed by atoms with Crippen molar-refractivity contribution >= 4 is 23.8 Å². The number of rotatable bonds is 9. The molecular formula is C15H23N3O6. The van der Waals surface area contributed by atoms with Crippen molar-refractivity contribution in [2.24, 2.45) is 17.6 Å². The molecule has 2 amide bonds. The molecule has 0 aromatic rings. The van der Waals surface area contributed by atoms with Crippen molar-refractivity contribution in [1.29, 1.82) is 0 Å². The Hall–Kier alpha value is -2.16. The second-order valence-corrected chi connectivity index (χ2v) is 6.38. The number of aliphatic carboxylic acids is 1. The minimum atomic E-state index is -1.54. The number of carbonyl (C=O) groups is 4. The Labute approximate surface area is 139 Å². The van der Waals surface area contributed by atoms with E-state index in [1.807, 2.05) is 0 Å². The quantitative estimate of drug-likeness (QED) is 0.302. The second-order valence-electron chi connectivity index (χ2n) is 6.38. The average molecular weight is 341 g/mol. The van der Waals surface area contributed by atoms with Crippen LogP contribution in [-0.4, -0.2) is 54.1 Å². The molecule has 134 valence electrons. The molecule has 2 aliphatic rings. The van der Waals surface area contributed by atoms with Crippen molar-refractivity contribution in [3.63, 3.8) is 0 Å². The zero-order chi connectivity index (χ0) is 17.9. The highest BCUT2D eigenvalue weighted by molar-refractivity contribution is 6.05. The minimum absolute atomic E-state index is 0.00857. The van der Waals surface area contributed by atoms with Crippen molar-refractivity contribution in [1.82, 2.24) is 10.6 Å². The van der Waals surface area contributed by atoms with Gasteiger partial charge in [-0.3, -0.25) is 14.4 Å². The van der Waals surface area contributed by atoms with Crippen LogP contribution in [0.3, 0.4) is 0 Å². The van der Waals surface area contributed by atoms with E-state index in [2.05, 4.69) is 15.4 Å². The predicted molar refractivity (Wildman–Crippen MR) is 81.6 cm³/mol. The van der Waals surface area contributed by atoms with Crippen LogP contribution in [0.5, 0.6) is 0 Å². The molecule has 9 nitrogen and oxygen atoms in total. The molecule has 2 saturated carbocycles. The maximum absolute atomic E-state index is 12.4. The monoisotopic (exact) mass is 341 g/mol. The van der Waals surface area contributed by atoms with Crippen LogP contribution in [-0.2, 0) is 23.9 Å². The molecule has 9 heteroatoms. The standard InChI is InChI=1S/C15H23N3O6/c1-24-15(23)12(18-13(21)9(16)6-10(19)20)14(22)17-11(7-2-3-7)8-4-5-8/h7-9,11-12H,2-6,16H2,1H3,(H,17,22)(H,18,21)(H,19,20)/t9-,12?/m0/s1. The van der Waals surface area contributed by atoms with E-state index in [9.17, 15) is 19.2 Å². The smallest absolute Gasteiger partial charge is 0.338 e. The molecule has 0 aromatic heterocycles. The molecule has 0 heterocycles. The fourth-order valence-electron chi connectivity index (χ4n) is 2.66. The topological polar surface area (TPSA) is 148 Å². The van der Waals surface area contributed by atoms with E-state index in [4.69, 9.17) is 10.8 Å². The number of carboxylic acid groups (broad SMARTS) is 1. The van der Waals surface area contributed by atoms with Gasteiger partial charge in [0.15, 0.2) is 0 Å². The van der Waals surface area contributed by atoms with Crippen molar-refractivity contribution in [2.75, 3.05) is 7.11 Å². The zero-order valence-corrected chi connectivity index (χ0v) is 13.5. The van der Waals surface area contributed by atoms with Gasteiger partial charge in [0.1, 0.15) is 0 Å². The Balaban J connectivity index is 1.98. The molecule has 5 N–H and O–H groups in total. The third-order valence-corrected chi connectivity index (χ3v) is 4.29. The van der Waals surface area contributed by atoms with Gasteiger partial charge in [-0.25, -0.2) is 4.79 Å². The Morgan fingerprint density at radius 2 is 1.62 bits per heavy atom. The zero-order valence-electron chi connectivity index (χ0n) is 13.5. The molecule has 0 bridgehead atoms. The summed E-state index contributed by atoms with van der Waals surface area (Å²) in [6.45, 7) is 0. The van der Waals surface area contributed by atoms with Gasteiger partial charge in [0.05, 0.1) is 19.6 Å². The molecule has 2 aliphatic carbocycles. The van der Waals surface area contributed by atoms with Gasteiger partial charge in [-0.15, -0.1) is 0 Å². The Morgan fingerprint density at radius 3 is 2.04 bits per heavy atom. The van der Waals surface area contributed by atoms with Crippen LogP contribution in [0, 0.1) is 11.8 Å². The van der Waals surface area contributed by atoms with E-state index < -0.39 is 42.3 Å². The first kappa shape index (κ1) is 18.2. The molecule has 0 radical (unpaired) electrons. The van der Waals surface area contributed by atoms with Crippen LogP contribution >= 0.6 is 0 Å². The highest BCUT2D eigenvalue weighted by Gasteiger charge is 2.44. The lowest BCUT2D eigenvalue weighted by Crippen LogP contribution is -2.57. The molecule has 0 spiro atoms. The number of amides is 2. The molecule has 2 rings (SSSR count). The number of nitrogens with one attached hydrogen (secondary N) is 2. The number of hydrogen-bond acceptors (Lipinski definition) is 6. The summed E-state index contributed by atoms with van der Waals surface area (Å²) in [7, 11) is 1.10. The first-order valence-electron chi connectivity index (χ1n) is 7.99. The van der Waals surface area contributed by atoms with Gasteiger partial charge in [0, 0.05) is 6.04 Å². The summed E-state index contributed by atoms with van der Waals surface area (Å²) in [5.74, 6) is -2.87. The van der Waals surface area contributed by atoms with Crippen LogP contribution in [0.1, 0.15) is 32.1 Å². The molecule has 2 atom stereocenters. The normalized spacial score (nSPS) is 19.3. The number of carbonyl (C=O) groups excluding carboxylic acids is 3. The van der Waals surface area contributed by atoms with E-state index in [0.29, 0.717) is 11.8 Å². The SMILES string of the molecule is COC(=O)C(NC(=O)[C@@H](N)CC(=O)O)C(=O)NC(C1CC1)C1CC1. The van der Waals surface area contributed by atoms with Crippen LogP contribution in [0.4, 0.5) is 0 Å². The Morgan fingerprint density at radius 1 is 1.08 bits per heavy atom. The molecule has 2 fully saturated rings. The van der Waals surface area contributed by atoms with Gasteiger partial charge in [-0.05, 0) is 37.5 Å². The Kier molecular flexibility index (Phi) is 5.76. The van der Waals surface area contributed by atoms with Gasteiger partial charge in [-0.2, -0.15) is 0 Å². The van der Waals surface area contributed by atoms with Crippen LogP contribution < -0.4 is 16.4 Å². The molecule has 0 saturated heterocycles. The maximum Gasteiger partial charge on any atom is 0.338 e. The third kappa shape index (κ3) is 4.92. The lowest BCUT2D eigenvalue weighted by atomic mass is 10.1. The lowest BCUT2D eigenvalue weighted by Gasteiger charge is -2.22. The minimum Gasteiger partial charge on any atom is -0.481 e. The molecule has 0 aliphatic heterocycles. The fraction of sp³-hybridized carbons (Fsp3) is 0.733. The van der Waals surface area contributed by atoms with Gasteiger partial charge in [-0.1, -0.05) is 0 Å². The first-order valence-corrected chi connectivity index (χ1v) is 7.99. The summed E-state index contributed by atoms with van der Waals surface area (Å²) in [5, 5.41) is 13.7. The lowest BCUT2D eigenvalue weighted by molar-refractivity contribution is -0.149. The molecule has 0 aromatic carbocycles. The number of hydrogen-bond donors (Lipinski definition) is 4. The van der Waals surface area contributed by atoms with Gasteiger partial charge < -0.3 is 26.2 Å². The number of methoxy groups -OCH3 is 1. The molecule has 1 unspecified atom stereocenters. The molecule has 24 heavy (non-hydrogen) atoms. The summed E-state index contributed by atoms with van der Waals surface area (Å²) in [6, 6.07) is -2.89. The van der Waals surface area contributed by atoms with E-state index >= 15 is 0 Å². The fourth-order valence-corrected chi connectivity index (χ4v) is 2.66. The van der Waals surface area contributed by atoms with E-state index in [-0.39, 0.29) is 6.04 Å². The maximum atomic E-state index is 12.4. The number of nitrogens with two attached hydrogens (primary N) is 1. The second kappa shape index (κ2) is 7.61. The van der Waals surface area contributed by atoms with Crippen LogP contribution in [0.2, 0.25) is 0 Å². The number of carboxylic acids is 1. The average Bonchev–Trinajstić information content (AvgIpc) is 3.40. The van der Waals surface area contributed by atoms with E-state index in [1.165, 1.54) is 0 Å². The highest BCUT2D eigenvalue weighted by atomic mass is 16.5. The predicted octanol–water partition coefficient (Wildman–Crippen LogP) is -1.25. The largest absolute Gasteiger partial charge is 0.481 e. The first-order chi connectivity index (χ1) is 11.3. The van der Waals surface area contributed by atoms with Crippen LogP contribution in [0.25, 0.3) is 0 Å². The molecular weight excluding hydrogens is 318 g/mol. The van der Waals surface area contributed by atoms with Crippen molar-refractivity contribution in [2.45, 2.75) is 50.2 Å². The number of esters is 1. The summed E-state index contributed by atoms with van der Waals surface area (Å²) in [4.78, 5) is 46.8. The number of ether oxygens (including phenoxy) is 1. The summed E-state index contributed by atoms with van der Waals surface area (Å²) >= 11 is 0. The summed E-state index contributed by atoms with van der Waals surface area (Å²) < 4.78 is 4.56. The van der Waals surface area contributed by atoms with Gasteiger partial charge in [0.2, 0.25) is 11.9 Å². The summed E-state index contributed by atoms with van der Waals surface area (Å²) in [6.07, 6.45) is 3.56. The van der Waals surface area contributed by atoms with E-state index in [1.54, 1.807) is 0 Å². The third-order valence-electron chi connectivity index (χ3n) is 4.29. The van der Waals surface area contributed by atoms with Crippen molar-refractivity contribution in [3.05, 3.63) is 0 Å². The highest BCUT2D eigenvalue weighted by Crippen LogP contribution is 2.44.